The molecule has 3 unspecified atom stereocenters. The van der Waals surface area contributed by atoms with E-state index in [1.54, 1.807) is 4.68 Å². The molecule has 2 amide bonds. The third kappa shape index (κ3) is 3.34. The second-order valence-electron chi connectivity index (χ2n) is 8.97. The fourth-order valence-corrected chi connectivity index (χ4v) is 4.89. The van der Waals surface area contributed by atoms with Gasteiger partial charge in [-0.3, -0.25) is 9.48 Å². The summed E-state index contributed by atoms with van der Waals surface area (Å²) in [6.07, 6.45) is 2.49. The van der Waals surface area contributed by atoms with Crippen LogP contribution in [0.25, 0.3) is 0 Å². The van der Waals surface area contributed by atoms with Crippen molar-refractivity contribution in [2.75, 3.05) is 11.9 Å². The van der Waals surface area contributed by atoms with E-state index in [1.807, 2.05) is 13.8 Å². The second kappa shape index (κ2) is 7.51. The highest BCUT2D eigenvalue weighted by Gasteiger charge is 2.64. The van der Waals surface area contributed by atoms with Crippen LogP contribution >= 0.6 is 0 Å². The van der Waals surface area contributed by atoms with Gasteiger partial charge in [0, 0.05) is 18.4 Å². The first-order valence-electron chi connectivity index (χ1n) is 10.4. The van der Waals surface area contributed by atoms with E-state index in [0.717, 1.165) is 12.8 Å². The Morgan fingerprint density at radius 3 is 2.50 bits per heavy atom. The highest BCUT2D eigenvalue weighted by Crippen LogP contribution is 2.61. The lowest BCUT2D eigenvalue weighted by atomic mass is 9.67. The van der Waals surface area contributed by atoms with Gasteiger partial charge in [-0.25, -0.2) is 9.18 Å². The van der Waals surface area contributed by atoms with Crippen molar-refractivity contribution >= 4 is 23.5 Å². The number of carbonyl (C=O) groups is 2. The number of nitrogens with one attached hydrogen (secondary N) is 1. The molecule has 4 rings (SSSR count). The molecule has 2 aromatic rings. The van der Waals surface area contributed by atoms with Gasteiger partial charge in [0.05, 0.1) is 23.6 Å². The van der Waals surface area contributed by atoms with Crippen molar-refractivity contribution < 1.29 is 19.1 Å². The van der Waals surface area contributed by atoms with Gasteiger partial charge in [-0.2, -0.15) is 10.4 Å². The normalized spacial score (nSPS) is 26.2. The number of rotatable bonds is 5. The van der Waals surface area contributed by atoms with Gasteiger partial charge in [0.2, 0.25) is 0 Å². The maximum atomic E-state index is 13.2. The first-order chi connectivity index (χ1) is 15.1. The van der Waals surface area contributed by atoms with Crippen LogP contribution < -0.4 is 11.1 Å². The van der Waals surface area contributed by atoms with E-state index < -0.39 is 35.3 Å². The fraction of sp³-hybridized carbons (Fsp3) is 0.455. The molecule has 9 nitrogen and oxygen atoms in total. The molecule has 168 valence electrons. The Bertz CT molecular complexity index is 1100. The molecule has 1 saturated carbocycles. The summed E-state index contributed by atoms with van der Waals surface area (Å²) in [7, 11) is 0. The van der Waals surface area contributed by atoms with Crippen molar-refractivity contribution in [2.24, 2.45) is 17.1 Å². The van der Waals surface area contributed by atoms with Crippen LogP contribution in [-0.4, -0.2) is 43.9 Å². The number of hydrogen-bond donors (Lipinski definition) is 3. The van der Waals surface area contributed by atoms with Gasteiger partial charge in [0.25, 0.3) is 5.91 Å². The summed E-state index contributed by atoms with van der Waals surface area (Å²) in [4.78, 5) is 25.5. The molecule has 1 aromatic carbocycles. The summed E-state index contributed by atoms with van der Waals surface area (Å²) in [5.41, 5.74) is 5.00. The lowest BCUT2D eigenvalue weighted by molar-refractivity contribution is -0.0338. The van der Waals surface area contributed by atoms with E-state index >= 15 is 0 Å². The highest BCUT2D eigenvalue weighted by atomic mass is 19.1. The Balaban J connectivity index is 1.73. The van der Waals surface area contributed by atoms with Gasteiger partial charge in [0.1, 0.15) is 11.4 Å². The molecule has 1 aliphatic heterocycles. The van der Waals surface area contributed by atoms with Crippen LogP contribution in [0.15, 0.2) is 30.5 Å². The second-order valence-corrected chi connectivity index (χ2v) is 8.97. The number of anilines is 2. The van der Waals surface area contributed by atoms with Gasteiger partial charge in [-0.05, 0) is 55.9 Å². The molecule has 10 heteroatoms. The van der Waals surface area contributed by atoms with Crippen LogP contribution in [0.5, 0.6) is 0 Å². The van der Waals surface area contributed by atoms with Crippen LogP contribution in [0.3, 0.4) is 0 Å². The van der Waals surface area contributed by atoms with Gasteiger partial charge in [-0.15, -0.1) is 0 Å². The largest absolute Gasteiger partial charge is 0.465 e. The minimum absolute atomic E-state index is 0.131. The summed E-state index contributed by atoms with van der Waals surface area (Å²) < 4.78 is 14.8. The SMILES string of the molecule is CC1(C2(C)C(C#N)C(n3cc(C(N)=O)c(Nc4ccc(F)cc4)n3)CCN2C(=O)O)CC1. The van der Waals surface area contributed by atoms with Crippen LogP contribution in [0.2, 0.25) is 0 Å². The fourth-order valence-electron chi connectivity index (χ4n) is 4.89. The molecule has 2 fully saturated rings. The number of hydrogen-bond acceptors (Lipinski definition) is 5. The predicted molar refractivity (Wildman–Crippen MR) is 114 cm³/mol. The summed E-state index contributed by atoms with van der Waals surface area (Å²) in [6, 6.07) is 7.47. The summed E-state index contributed by atoms with van der Waals surface area (Å²) in [6.45, 7) is 4.09. The number of aromatic nitrogens is 2. The van der Waals surface area contributed by atoms with Gasteiger partial charge >= 0.3 is 6.09 Å². The van der Waals surface area contributed by atoms with Crippen molar-refractivity contribution in [3.05, 3.63) is 41.8 Å². The van der Waals surface area contributed by atoms with Crippen molar-refractivity contribution in [2.45, 2.75) is 44.7 Å². The quantitative estimate of drug-likeness (QED) is 0.651. The smallest absolute Gasteiger partial charge is 0.407 e. The molecule has 2 aliphatic rings. The Hall–Kier alpha value is -3.61. The molecule has 0 radical (unpaired) electrons. The van der Waals surface area contributed by atoms with Crippen molar-refractivity contribution in [1.29, 1.82) is 5.26 Å². The molecule has 1 aliphatic carbocycles. The summed E-state index contributed by atoms with van der Waals surface area (Å²) >= 11 is 0. The molecular weight excluding hydrogens is 415 g/mol. The monoisotopic (exact) mass is 440 g/mol. The number of halogens is 1. The number of nitrogens with zero attached hydrogens (tertiary/aromatic N) is 4. The third-order valence-corrected chi connectivity index (χ3v) is 7.24. The molecule has 0 spiro atoms. The number of likely N-dealkylation sites (tertiary alicyclic amines) is 1. The predicted octanol–water partition coefficient (Wildman–Crippen LogP) is 3.49. The Labute approximate surface area is 184 Å². The number of primary amides is 1. The van der Waals surface area contributed by atoms with Crippen molar-refractivity contribution in [1.82, 2.24) is 14.7 Å². The van der Waals surface area contributed by atoms with Gasteiger partial charge < -0.3 is 21.1 Å². The first-order valence-corrected chi connectivity index (χ1v) is 10.4. The minimum atomic E-state index is -1.05. The summed E-state index contributed by atoms with van der Waals surface area (Å²) in [5.74, 6) is -1.58. The molecular formula is C22H25FN6O3. The highest BCUT2D eigenvalue weighted by molar-refractivity contribution is 5.98. The molecule has 0 bridgehead atoms. The Morgan fingerprint density at radius 1 is 1.31 bits per heavy atom. The topological polar surface area (TPSA) is 137 Å². The molecule has 1 saturated heterocycles. The van der Waals surface area contributed by atoms with E-state index in [2.05, 4.69) is 16.5 Å². The van der Waals surface area contributed by atoms with Crippen LogP contribution in [0.4, 0.5) is 20.7 Å². The standard InChI is InChI=1S/C22H25FN6O3/c1-21(8-9-21)22(2)16(11-24)17(7-10-28(22)20(31)32)29-12-15(18(25)30)19(27-29)26-14-5-3-13(23)4-6-14/h3-6,12,16-17H,7-10H2,1-2H3,(H2,25,30)(H,26,27)(H,31,32). The Morgan fingerprint density at radius 2 is 1.97 bits per heavy atom. The minimum Gasteiger partial charge on any atom is -0.465 e. The van der Waals surface area contributed by atoms with E-state index in [0.29, 0.717) is 12.1 Å². The average molecular weight is 440 g/mol. The van der Waals surface area contributed by atoms with E-state index in [-0.39, 0.29) is 23.3 Å². The van der Waals surface area contributed by atoms with Gasteiger partial charge in [-0.1, -0.05) is 6.92 Å². The molecule has 2 heterocycles. The van der Waals surface area contributed by atoms with Crippen molar-refractivity contribution in [3.63, 3.8) is 0 Å². The van der Waals surface area contributed by atoms with Crippen LogP contribution in [0, 0.1) is 28.5 Å². The number of benzene rings is 1. The zero-order chi connectivity index (χ0) is 23.3. The lowest BCUT2D eigenvalue weighted by Crippen LogP contribution is -2.63. The molecule has 3 atom stereocenters. The molecule has 32 heavy (non-hydrogen) atoms. The number of amides is 2. The number of piperidine rings is 1. The first kappa shape index (κ1) is 21.6. The number of carbonyl (C=O) groups excluding carboxylic acids is 1. The number of carboxylic acid groups (broad SMARTS) is 1. The molecule has 1 aromatic heterocycles. The van der Waals surface area contributed by atoms with Gasteiger partial charge in [0.15, 0.2) is 5.82 Å². The number of nitriles is 1. The van der Waals surface area contributed by atoms with Crippen LogP contribution in [0.1, 0.15) is 49.5 Å². The molecule has 4 N–H and O–H groups in total. The third-order valence-electron chi connectivity index (χ3n) is 7.24. The summed E-state index contributed by atoms with van der Waals surface area (Å²) in [5, 5.41) is 27.5. The average Bonchev–Trinajstić information content (AvgIpc) is 3.36. The zero-order valence-electron chi connectivity index (χ0n) is 17.9. The van der Waals surface area contributed by atoms with Crippen molar-refractivity contribution in [3.8, 4) is 6.07 Å². The van der Waals surface area contributed by atoms with E-state index in [9.17, 15) is 24.3 Å². The maximum Gasteiger partial charge on any atom is 0.407 e. The zero-order valence-corrected chi connectivity index (χ0v) is 17.9. The van der Waals surface area contributed by atoms with E-state index in [1.165, 1.54) is 35.4 Å². The lowest BCUT2D eigenvalue weighted by Gasteiger charge is -2.53. The number of nitrogens with two attached hydrogens (primary N) is 1. The Kier molecular flexibility index (Phi) is 5.07. The maximum absolute atomic E-state index is 13.2. The van der Waals surface area contributed by atoms with E-state index in [4.69, 9.17) is 5.73 Å². The van der Waals surface area contributed by atoms with Crippen LogP contribution in [-0.2, 0) is 0 Å².